The lowest BCUT2D eigenvalue weighted by molar-refractivity contribution is -0.129. The van der Waals surface area contributed by atoms with Crippen molar-refractivity contribution < 1.29 is 23.9 Å². The van der Waals surface area contributed by atoms with Crippen LogP contribution >= 0.6 is 24.0 Å². The van der Waals surface area contributed by atoms with E-state index in [4.69, 9.17) is 21.7 Å². The van der Waals surface area contributed by atoms with Crippen molar-refractivity contribution in [2.45, 2.75) is 13.0 Å². The predicted octanol–water partition coefficient (Wildman–Crippen LogP) is 3.21. The number of hydrogen-bond acceptors (Lipinski definition) is 6. The molecule has 1 aromatic heterocycles. The van der Waals surface area contributed by atoms with Crippen LogP contribution in [0, 0.1) is 0 Å². The fourth-order valence-corrected chi connectivity index (χ4v) is 3.78. The summed E-state index contributed by atoms with van der Waals surface area (Å²) in [6.07, 6.45) is 3.08. The summed E-state index contributed by atoms with van der Waals surface area (Å²) >= 11 is 6.35. The van der Waals surface area contributed by atoms with Crippen LogP contribution in [0.1, 0.15) is 23.0 Å². The van der Waals surface area contributed by atoms with Crippen LogP contribution in [-0.2, 0) is 9.59 Å². The van der Waals surface area contributed by atoms with Crippen molar-refractivity contribution >= 4 is 57.8 Å². The lowest BCUT2D eigenvalue weighted by Gasteiger charge is -2.22. The number of hydrogen-bond donors (Lipinski definition) is 2. The summed E-state index contributed by atoms with van der Waals surface area (Å²) in [6.45, 7) is 1.57. The molecule has 9 heteroatoms. The number of aromatic carboxylic acids is 1. The maximum absolute atomic E-state index is 12.6. The number of nitrogens with zero attached hydrogens (tertiary/aromatic N) is 1. The molecular weight excluding hydrogens is 388 g/mol. The minimum absolute atomic E-state index is 0.112. The molecule has 1 unspecified atom stereocenters. The smallest absolute Gasteiger partial charge is 0.335 e. The van der Waals surface area contributed by atoms with E-state index in [2.05, 4.69) is 5.32 Å². The van der Waals surface area contributed by atoms with Gasteiger partial charge in [-0.3, -0.25) is 14.5 Å². The zero-order valence-electron chi connectivity index (χ0n) is 14.0. The molecule has 2 N–H and O–H groups in total. The summed E-state index contributed by atoms with van der Waals surface area (Å²) in [6, 6.07) is 8.31. The first-order valence-electron chi connectivity index (χ1n) is 7.81. The Hall–Kier alpha value is -2.91. The number of carbonyl (C=O) groups excluding carboxylic acids is 2. The Labute approximate surface area is 164 Å². The third-order valence-corrected chi connectivity index (χ3v) is 5.14. The molecule has 7 nitrogen and oxygen atoms in total. The van der Waals surface area contributed by atoms with E-state index in [0.29, 0.717) is 16.4 Å². The van der Waals surface area contributed by atoms with Crippen LogP contribution in [-0.4, -0.2) is 38.2 Å². The number of carboxylic acid groups (broad SMARTS) is 1. The Morgan fingerprint density at radius 3 is 2.59 bits per heavy atom. The molecule has 0 bridgehead atoms. The van der Waals surface area contributed by atoms with Crippen molar-refractivity contribution in [3.8, 4) is 0 Å². The highest BCUT2D eigenvalue weighted by Crippen LogP contribution is 2.34. The molecule has 2 amide bonds. The molecule has 27 heavy (non-hydrogen) atoms. The summed E-state index contributed by atoms with van der Waals surface area (Å²) in [5.74, 6) is -1.34. The summed E-state index contributed by atoms with van der Waals surface area (Å²) in [7, 11) is 0. The number of thioether (sulfide) groups is 1. The van der Waals surface area contributed by atoms with Crippen LogP contribution < -0.4 is 5.32 Å². The Kier molecular flexibility index (Phi) is 5.43. The molecule has 1 atom stereocenters. The van der Waals surface area contributed by atoms with Crippen molar-refractivity contribution in [2.75, 3.05) is 5.32 Å². The van der Waals surface area contributed by atoms with E-state index in [0.717, 1.165) is 11.8 Å². The second kappa shape index (κ2) is 7.77. The van der Waals surface area contributed by atoms with Crippen LogP contribution in [0.15, 0.2) is 52.0 Å². The van der Waals surface area contributed by atoms with Gasteiger partial charge in [-0.1, -0.05) is 24.0 Å². The topological polar surface area (TPSA) is 99.9 Å². The van der Waals surface area contributed by atoms with Gasteiger partial charge in [-0.05, 0) is 43.3 Å². The minimum atomic E-state index is -1.05. The third-order valence-electron chi connectivity index (χ3n) is 3.81. The van der Waals surface area contributed by atoms with E-state index in [-0.39, 0.29) is 15.8 Å². The van der Waals surface area contributed by atoms with E-state index in [1.165, 1.54) is 35.4 Å². The van der Waals surface area contributed by atoms with Gasteiger partial charge < -0.3 is 14.8 Å². The van der Waals surface area contributed by atoms with Gasteiger partial charge in [0.25, 0.3) is 5.91 Å². The Morgan fingerprint density at radius 1 is 1.30 bits per heavy atom. The Bertz CT molecular complexity index is 935. The van der Waals surface area contributed by atoms with Crippen molar-refractivity contribution in [3.63, 3.8) is 0 Å². The molecule has 2 heterocycles. The van der Waals surface area contributed by atoms with E-state index >= 15 is 0 Å². The van der Waals surface area contributed by atoms with E-state index < -0.39 is 17.9 Å². The first kappa shape index (κ1) is 18.9. The summed E-state index contributed by atoms with van der Waals surface area (Å²) in [5, 5.41) is 11.6. The van der Waals surface area contributed by atoms with Crippen molar-refractivity contribution in [1.29, 1.82) is 0 Å². The van der Waals surface area contributed by atoms with Gasteiger partial charge in [0.1, 0.15) is 16.1 Å². The summed E-state index contributed by atoms with van der Waals surface area (Å²) in [5.41, 5.74) is 0.537. The second-order valence-corrected chi connectivity index (χ2v) is 7.29. The van der Waals surface area contributed by atoms with Crippen LogP contribution in [0.25, 0.3) is 6.08 Å². The highest BCUT2D eigenvalue weighted by atomic mass is 32.2. The third kappa shape index (κ3) is 4.09. The van der Waals surface area contributed by atoms with Gasteiger partial charge in [0.05, 0.1) is 16.7 Å². The van der Waals surface area contributed by atoms with Gasteiger partial charge in [0, 0.05) is 11.8 Å². The molecule has 3 rings (SSSR count). The number of benzene rings is 1. The van der Waals surface area contributed by atoms with Crippen LogP contribution in [0.2, 0.25) is 0 Å². The number of carboxylic acids is 1. The zero-order valence-corrected chi connectivity index (χ0v) is 15.7. The monoisotopic (exact) mass is 402 g/mol. The van der Waals surface area contributed by atoms with Crippen molar-refractivity contribution in [3.05, 3.63) is 58.9 Å². The molecule has 138 valence electrons. The number of anilines is 1. The second-order valence-electron chi connectivity index (χ2n) is 5.61. The lowest BCUT2D eigenvalue weighted by Crippen LogP contribution is -2.44. The number of thiocarbonyl (C=S) groups is 1. The van der Waals surface area contributed by atoms with Gasteiger partial charge in [-0.2, -0.15) is 0 Å². The van der Waals surface area contributed by atoms with E-state index in [9.17, 15) is 14.4 Å². The molecule has 1 aliphatic heterocycles. The largest absolute Gasteiger partial charge is 0.478 e. The molecule has 1 saturated heterocycles. The molecule has 1 fully saturated rings. The van der Waals surface area contributed by atoms with E-state index in [1.54, 1.807) is 25.1 Å². The highest BCUT2D eigenvalue weighted by molar-refractivity contribution is 8.26. The quantitative estimate of drug-likeness (QED) is 0.585. The fraction of sp³-hybridized carbons (Fsp3) is 0.111. The van der Waals surface area contributed by atoms with E-state index in [1.807, 2.05) is 0 Å². The maximum Gasteiger partial charge on any atom is 0.335 e. The maximum atomic E-state index is 12.6. The van der Waals surface area contributed by atoms with Crippen LogP contribution in [0.5, 0.6) is 0 Å². The number of furan rings is 1. The van der Waals surface area contributed by atoms with Crippen LogP contribution in [0.3, 0.4) is 0 Å². The van der Waals surface area contributed by atoms with Gasteiger partial charge >= 0.3 is 5.97 Å². The molecule has 2 aromatic rings. The zero-order chi connectivity index (χ0) is 19.6. The first-order chi connectivity index (χ1) is 12.9. The fourth-order valence-electron chi connectivity index (χ4n) is 2.38. The standard InChI is InChI=1S/C18H14N2O5S2/c1-10(15(21)19-12-6-4-11(5-7-12)17(23)24)20-16(22)14(27-18(20)26)9-13-3-2-8-25-13/h2-10H,1H3,(H,19,21)(H,23,24)/b14-9+. The van der Waals surface area contributed by atoms with Crippen molar-refractivity contribution in [2.24, 2.45) is 0 Å². The van der Waals surface area contributed by atoms with Gasteiger partial charge in [0.2, 0.25) is 5.91 Å². The minimum Gasteiger partial charge on any atom is -0.478 e. The molecule has 1 aromatic carbocycles. The molecular formula is C18H14N2O5S2. The molecule has 0 aliphatic carbocycles. The van der Waals surface area contributed by atoms with Gasteiger partial charge in [-0.15, -0.1) is 0 Å². The normalized spacial score (nSPS) is 16.6. The highest BCUT2D eigenvalue weighted by Gasteiger charge is 2.38. The molecule has 0 spiro atoms. The molecule has 1 aliphatic rings. The van der Waals surface area contributed by atoms with Gasteiger partial charge in [-0.25, -0.2) is 4.79 Å². The SMILES string of the molecule is CC(C(=O)Nc1ccc(C(=O)O)cc1)N1C(=O)/C(=C\c2ccco2)SC1=S. The van der Waals surface area contributed by atoms with Crippen LogP contribution in [0.4, 0.5) is 5.69 Å². The first-order valence-corrected chi connectivity index (χ1v) is 9.04. The molecule has 0 radical (unpaired) electrons. The van der Waals surface area contributed by atoms with Gasteiger partial charge in [0.15, 0.2) is 0 Å². The average molecular weight is 402 g/mol. The Morgan fingerprint density at radius 2 is 2.00 bits per heavy atom. The average Bonchev–Trinajstić information content (AvgIpc) is 3.23. The summed E-state index contributed by atoms with van der Waals surface area (Å²) < 4.78 is 5.48. The summed E-state index contributed by atoms with van der Waals surface area (Å²) in [4.78, 5) is 37.6. The number of amides is 2. The molecule has 0 saturated carbocycles. The lowest BCUT2D eigenvalue weighted by atomic mass is 10.2. The van der Waals surface area contributed by atoms with Crippen molar-refractivity contribution in [1.82, 2.24) is 4.90 Å². The Balaban J connectivity index is 1.71. The number of carbonyl (C=O) groups is 3. The number of nitrogens with one attached hydrogen (secondary N) is 1. The number of rotatable bonds is 5. The predicted molar refractivity (Wildman–Crippen MR) is 105 cm³/mol.